The Labute approximate surface area is 78.2 Å². The van der Waals surface area contributed by atoms with Crippen LogP contribution in [0.25, 0.3) is 0 Å². The molecule has 12 heavy (non-hydrogen) atoms. The van der Waals surface area contributed by atoms with E-state index in [1.165, 1.54) is 4.88 Å². The molecule has 1 nitrogen and oxygen atoms in total. The van der Waals surface area contributed by atoms with Crippen molar-refractivity contribution in [1.82, 2.24) is 0 Å². The molecule has 0 aliphatic carbocycles. The molecule has 1 rings (SSSR count). The number of thiophene rings is 1. The molecule has 0 saturated heterocycles. The zero-order chi connectivity index (χ0) is 9.35. The summed E-state index contributed by atoms with van der Waals surface area (Å²) in [5.41, 5.74) is 0. The Balaban J connectivity index is 3.00. The van der Waals surface area contributed by atoms with Gasteiger partial charge in [0.05, 0.1) is 4.62 Å². The molecule has 0 aromatic carbocycles. The van der Waals surface area contributed by atoms with E-state index in [2.05, 4.69) is 19.9 Å². The summed E-state index contributed by atoms with van der Waals surface area (Å²) < 4.78 is 12.7. The van der Waals surface area contributed by atoms with Crippen LogP contribution in [0, 0.1) is 0 Å². The maximum absolute atomic E-state index is 11.7. The highest BCUT2D eigenvalue weighted by molar-refractivity contribution is 7.75. The van der Waals surface area contributed by atoms with Gasteiger partial charge in [0.1, 0.15) is 7.14 Å². The van der Waals surface area contributed by atoms with Gasteiger partial charge in [0.25, 0.3) is 0 Å². The first-order valence-electron chi connectivity index (χ1n) is 4.06. The molecule has 0 saturated carbocycles. The Kier molecular flexibility index (Phi) is 2.80. The van der Waals surface area contributed by atoms with Crippen LogP contribution in [-0.2, 0) is 4.57 Å². The lowest BCUT2D eigenvalue weighted by atomic mass is 10.2. The summed E-state index contributed by atoms with van der Waals surface area (Å²) in [7, 11) is -2.02. The summed E-state index contributed by atoms with van der Waals surface area (Å²) in [6, 6.07) is 4.09. The van der Waals surface area contributed by atoms with Crippen LogP contribution in [-0.4, -0.2) is 13.3 Å². The molecule has 0 unspecified atom stereocenters. The van der Waals surface area contributed by atoms with Crippen LogP contribution in [0.2, 0.25) is 0 Å². The van der Waals surface area contributed by atoms with Gasteiger partial charge in [0.15, 0.2) is 0 Å². The molecule has 0 aliphatic heterocycles. The van der Waals surface area contributed by atoms with Gasteiger partial charge in [0, 0.05) is 4.88 Å². The summed E-state index contributed by atoms with van der Waals surface area (Å²) in [6.07, 6.45) is 0. The average Bonchev–Trinajstić information content (AvgIpc) is 2.30. The van der Waals surface area contributed by atoms with Crippen molar-refractivity contribution in [2.45, 2.75) is 19.8 Å². The fraction of sp³-hybridized carbons (Fsp3) is 0.556. The highest BCUT2D eigenvalue weighted by atomic mass is 32.1. The van der Waals surface area contributed by atoms with E-state index in [-0.39, 0.29) is 0 Å². The Morgan fingerprint density at radius 1 is 1.33 bits per heavy atom. The van der Waals surface area contributed by atoms with Crippen molar-refractivity contribution in [1.29, 1.82) is 0 Å². The monoisotopic (exact) mass is 202 g/mol. The number of hydrogen-bond acceptors (Lipinski definition) is 2. The zero-order valence-electron chi connectivity index (χ0n) is 8.00. The van der Waals surface area contributed by atoms with E-state index in [0.29, 0.717) is 5.92 Å². The third-order valence-electron chi connectivity index (χ3n) is 1.71. The molecule has 0 amide bonds. The fourth-order valence-corrected chi connectivity index (χ4v) is 3.32. The highest BCUT2D eigenvalue weighted by Crippen LogP contribution is 2.38. The Hall–Kier alpha value is -0.0700. The number of rotatable bonds is 2. The number of hydrogen-bond donors (Lipinski definition) is 0. The molecule has 0 radical (unpaired) electrons. The van der Waals surface area contributed by atoms with Gasteiger partial charge in [-0.15, -0.1) is 11.3 Å². The molecular formula is C9H15OPS. The van der Waals surface area contributed by atoms with E-state index >= 15 is 0 Å². The first kappa shape index (κ1) is 10.0. The van der Waals surface area contributed by atoms with E-state index < -0.39 is 7.14 Å². The van der Waals surface area contributed by atoms with Gasteiger partial charge in [0.2, 0.25) is 0 Å². The normalized spacial score (nSPS) is 12.4. The topological polar surface area (TPSA) is 17.1 Å². The molecule has 1 heterocycles. The van der Waals surface area contributed by atoms with Crippen molar-refractivity contribution in [2.24, 2.45) is 0 Å². The SMILES string of the molecule is CC(C)c1ccc(P(C)(C)=O)s1. The Bertz CT molecular complexity index is 308. The molecule has 68 valence electrons. The van der Waals surface area contributed by atoms with Gasteiger partial charge >= 0.3 is 0 Å². The third kappa shape index (κ3) is 2.21. The second kappa shape index (κ2) is 3.35. The van der Waals surface area contributed by atoms with Crippen LogP contribution in [0.3, 0.4) is 0 Å². The van der Waals surface area contributed by atoms with Gasteiger partial charge in [-0.05, 0) is 31.4 Å². The lowest BCUT2D eigenvalue weighted by molar-refractivity contribution is 0.588. The smallest absolute Gasteiger partial charge is 0.119 e. The van der Waals surface area contributed by atoms with Gasteiger partial charge in [-0.3, -0.25) is 0 Å². The molecule has 3 heteroatoms. The van der Waals surface area contributed by atoms with Crippen LogP contribution in [0.5, 0.6) is 0 Å². The van der Waals surface area contributed by atoms with Crippen molar-refractivity contribution in [2.75, 3.05) is 13.3 Å². The minimum atomic E-state index is -2.02. The largest absolute Gasteiger partial charge is 0.318 e. The maximum Gasteiger partial charge on any atom is 0.119 e. The summed E-state index contributed by atoms with van der Waals surface area (Å²) in [6.45, 7) is 7.96. The lowest BCUT2D eigenvalue weighted by Gasteiger charge is -2.02. The molecule has 0 bridgehead atoms. The minimum absolute atomic E-state index is 0.551. The first-order valence-corrected chi connectivity index (χ1v) is 7.48. The van der Waals surface area contributed by atoms with E-state index in [0.717, 1.165) is 4.62 Å². The molecule has 0 spiro atoms. The summed E-state index contributed by atoms with van der Waals surface area (Å²) >= 11 is 1.68. The van der Waals surface area contributed by atoms with Crippen LogP contribution < -0.4 is 4.62 Å². The second-order valence-electron chi connectivity index (χ2n) is 3.68. The second-order valence-corrected chi connectivity index (χ2v) is 8.28. The van der Waals surface area contributed by atoms with Crippen LogP contribution in [0.15, 0.2) is 12.1 Å². The predicted octanol–water partition coefficient (Wildman–Crippen LogP) is 3.12. The first-order chi connectivity index (χ1) is 5.41. The molecule has 1 aromatic heterocycles. The summed E-state index contributed by atoms with van der Waals surface area (Å²) in [5, 5.41) is 0. The van der Waals surface area contributed by atoms with Crippen molar-refractivity contribution in [3.8, 4) is 0 Å². The molecular weight excluding hydrogens is 187 g/mol. The molecule has 0 atom stereocenters. The predicted molar refractivity (Wildman–Crippen MR) is 57.5 cm³/mol. The highest BCUT2D eigenvalue weighted by Gasteiger charge is 2.14. The van der Waals surface area contributed by atoms with Crippen LogP contribution >= 0.6 is 18.5 Å². The van der Waals surface area contributed by atoms with Crippen molar-refractivity contribution >= 4 is 23.1 Å². The zero-order valence-corrected chi connectivity index (χ0v) is 9.71. The van der Waals surface area contributed by atoms with Crippen molar-refractivity contribution in [3.05, 3.63) is 17.0 Å². The third-order valence-corrected chi connectivity index (χ3v) is 5.70. The Morgan fingerprint density at radius 2 is 1.92 bits per heavy atom. The van der Waals surface area contributed by atoms with E-state index in [9.17, 15) is 4.57 Å². The van der Waals surface area contributed by atoms with Crippen LogP contribution in [0.4, 0.5) is 0 Å². The fourth-order valence-electron chi connectivity index (χ4n) is 0.942. The summed E-state index contributed by atoms with van der Waals surface area (Å²) in [5.74, 6) is 0.551. The standard InChI is InChI=1S/C9H15OPS/c1-7(2)8-5-6-9(12-8)11(3,4)10/h5-7H,1-4H3. The maximum atomic E-state index is 11.7. The van der Waals surface area contributed by atoms with Gasteiger partial charge in [-0.25, -0.2) is 0 Å². The van der Waals surface area contributed by atoms with E-state index in [1.807, 2.05) is 19.4 Å². The van der Waals surface area contributed by atoms with Gasteiger partial charge < -0.3 is 4.57 Å². The Morgan fingerprint density at radius 3 is 2.17 bits per heavy atom. The van der Waals surface area contributed by atoms with Crippen molar-refractivity contribution < 1.29 is 4.57 Å². The average molecular weight is 202 g/mol. The van der Waals surface area contributed by atoms with Gasteiger partial charge in [-0.2, -0.15) is 0 Å². The summed E-state index contributed by atoms with van der Waals surface area (Å²) in [4.78, 5) is 1.33. The van der Waals surface area contributed by atoms with E-state index in [4.69, 9.17) is 0 Å². The molecule has 0 fully saturated rings. The molecule has 1 aromatic rings. The molecule has 0 N–H and O–H groups in total. The van der Waals surface area contributed by atoms with Gasteiger partial charge in [-0.1, -0.05) is 13.8 Å². The molecule has 0 aliphatic rings. The van der Waals surface area contributed by atoms with Crippen LogP contribution in [0.1, 0.15) is 24.6 Å². The minimum Gasteiger partial charge on any atom is -0.318 e. The van der Waals surface area contributed by atoms with E-state index in [1.54, 1.807) is 11.3 Å². The van der Waals surface area contributed by atoms with Crippen molar-refractivity contribution in [3.63, 3.8) is 0 Å². The quantitative estimate of drug-likeness (QED) is 0.673. The lowest BCUT2D eigenvalue weighted by Crippen LogP contribution is -1.93.